The number of benzene rings is 3. The Morgan fingerprint density at radius 3 is 2.00 bits per heavy atom. The quantitative estimate of drug-likeness (QED) is 0.723. The van der Waals surface area contributed by atoms with Crippen LogP contribution in [-0.2, 0) is 0 Å². The van der Waals surface area contributed by atoms with Gasteiger partial charge in [-0.15, -0.1) is 0 Å². The van der Waals surface area contributed by atoms with E-state index in [1.807, 2.05) is 43.3 Å². The Hall–Kier alpha value is -3.34. The molecule has 3 aromatic carbocycles. The number of amides is 2. The summed E-state index contributed by atoms with van der Waals surface area (Å²) in [6.45, 7) is 1.84. The Morgan fingerprint density at radius 2 is 1.36 bits per heavy atom. The number of nitrogens with one attached hydrogen (secondary N) is 2. The molecule has 0 aromatic heterocycles. The molecule has 2 N–H and O–H groups in total. The van der Waals surface area contributed by atoms with E-state index in [-0.39, 0.29) is 5.91 Å². The molecule has 126 valence electrons. The van der Waals surface area contributed by atoms with Gasteiger partial charge in [-0.25, -0.2) is 0 Å². The number of hydrazine groups is 1. The van der Waals surface area contributed by atoms with Gasteiger partial charge in [0.2, 0.25) is 0 Å². The van der Waals surface area contributed by atoms with Crippen LogP contribution in [0, 0.1) is 6.92 Å². The molecule has 0 heterocycles. The number of rotatable bonds is 3. The van der Waals surface area contributed by atoms with Crippen LogP contribution in [-0.4, -0.2) is 18.9 Å². The topological polar surface area (TPSA) is 67.4 Å². The fourth-order valence-electron chi connectivity index (χ4n) is 2.64. The summed E-state index contributed by atoms with van der Waals surface area (Å²) in [5.74, 6) is -0.364. The number of ether oxygens (including phenoxy) is 1. The fraction of sp³-hybridized carbons (Fsp3) is 0.100. The smallest absolute Gasteiger partial charge is 0.273 e. The molecule has 0 atom stereocenters. The van der Waals surface area contributed by atoms with Crippen LogP contribution in [0.5, 0.6) is 5.75 Å². The number of carbonyl (C=O) groups excluding carboxylic acids is 2. The number of aryl methyl sites for hydroxylation is 1. The van der Waals surface area contributed by atoms with Crippen molar-refractivity contribution >= 4 is 22.6 Å². The number of hydrogen-bond acceptors (Lipinski definition) is 3. The molecule has 25 heavy (non-hydrogen) atoms. The van der Waals surface area contributed by atoms with Crippen molar-refractivity contribution in [1.82, 2.24) is 10.9 Å². The summed E-state index contributed by atoms with van der Waals surface area (Å²) < 4.78 is 5.31. The molecule has 0 saturated heterocycles. The van der Waals surface area contributed by atoms with Crippen molar-refractivity contribution < 1.29 is 14.3 Å². The Morgan fingerprint density at radius 1 is 0.800 bits per heavy atom. The molecule has 0 saturated carbocycles. The molecule has 0 aliphatic carbocycles. The molecular formula is C20H18N2O3. The lowest BCUT2D eigenvalue weighted by molar-refractivity contribution is 0.0844. The molecule has 0 radical (unpaired) electrons. The first-order valence-corrected chi connectivity index (χ1v) is 7.83. The van der Waals surface area contributed by atoms with E-state index in [4.69, 9.17) is 4.74 Å². The van der Waals surface area contributed by atoms with Gasteiger partial charge in [-0.1, -0.05) is 42.5 Å². The third kappa shape index (κ3) is 3.45. The predicted octanol–water partition coefficient (Wildman–Crippen LogP) is 3.23. The summed E-state index contributed by atoms with van der Waals surface area (Å²) in [4.78, 5) is 24.7. The van der Waals surface area contributed by atoms with Gasteiger partial charge in [0.1, 0.15) is 5.75 Å². The molecular weight excluding hydrogens is 316 g/mol. The molecule has 0 aliphatic rings. The van der Waals surface area contributed by atoms with Crippen molar-refractivity contribution in [2.75, 3.05) is 7.11 Å². The molecule has 5 nitrogen and oxygen atoms in total. The first-order valence-electron chi connectivity index (χ1n) is 7.83. The minimum atomic E-state index is -0.440. The molecule has 3 rings (SSSR count). The number of fused-ring (bicyclic) bond motifs is 1. The lowest BCUT2D eigenvalue weighted by Gasteiger charge is -2.12. The number of carbonyl (C=O) groups is 2. The van der Waals surface area contributed by atoms with Crippen LogP contribution in [0.4, 0.5) is 0 Å². The Labute approximate surface area is 145 Å². The highest BCUT2D eigenvalue weighted by Crippen LogP contribution is 2.25. The van der Waals surface area contributed by atoms with Crippen LogP contribution < -0.4 is 15.6 Å². The van der Waals surface area contributed by atoms with E-state index in [0.29, 0.717) is 16.9 Å². The fourth-order valence-corrected chi connectivity index (χ4v) is 2.64. The van der Waals surface area contributed by atoms with E-state index in [2.05, 4.69) is 10.9 Å². The monoisotopic (exact) mass is 334 g/mol. The van der Waals surface area contributed by atoms with Crippen LogP contribution >= 0.6 is 0 Å². The van der Waals surface area contributed by atoms with Crippen molar-refractivity contribution in [2.45, 2.75) is 6.92 Å². The summed E-state index contributed by atoms with van der Waals surface area (Å²) in [5, 5.41) is 1.89. The Bertz CT molecular complexity index is 951. The molecule has 0 fully saturated rings. The summed E-state index contributed by atoms with van der Waals surface area (Å²) in [6, 6.07) is 18.4. The normalized spacial score (nSPS) is 10.3. The highest BCUT2D eigenvalue weighted by Gasteiger charge is 2.15. The van der Waals surface area contributed by atoms with E-state index in [1.165, 1.54) is 7.11 Å². The second-order valence-corrected chi connectivity index (χ2v) is 5.62. The Balaban J connectivity index is 1.80. The van der Waals surface area contributed by atoms with E-state index >= 15 is 0 Å². The molecule has 0 unspecified atom stereocenters. The van der Waals surface area contributed by atoms with Gasteiger partial charge in [0.05, 0.1) is 12.7 Å². The van der Waals surface area contributed by atoms with Crippen LogP contribution in [0.3, 0.4) is 0 Å². The highest BCUT2D eigenvalue weighted by molar-refractivity contribution is 6.03. The minimum absolute atomic E-state index is 0.353. The van der Waals surface area contributed by atoms with Gasteiger partial charge in [0.15, 0.2) is 0 Å². The maximum atomic E-state index is 12.5. The first kappa shape index (κ1) is 16.5. The number of hydrogen-bond donors (Lipinski definition) is 2. The average molecular weight is 334 g/mol. The molecule has 0 bridgehead atoms. The lowest BCUT2D eigenvalue weighted by atomic mass is 10.1. The van der Waals surface area contributed by atoms with Crippen molar-refractivity contribution in [3.63, 3.8) is 0 Å². The average Bonchev–Trinajstić information content (AvgIpc) is 2.65. The maximum Gasteiger partial charge on any atom is 0.273 e. The molecule has 2 amide bonds. The van der Waals surface area contributed by atoms with E-state index in [9.17, 15) is 9.59 Å². The van der Waals surface area contributed by atoms with E-state index in [1.54, 1.807) is 24.3 Å². The minimum Gasteiger partial charge on any atom is -0.496 e. The highest BCUT2D eigenvalue weighted by atomic mass is 16.5. The molecule has 0 aliphatic heterocycles. The molecule has 3 aromatic rings. The third-order valence-corrected chi connectivity index (χ3v) is 3.99. The van der Waals surface area contributed by atoms with Crippen LogP contribution in [0.1, 0.15) is 26.3 Å². The summed E-state index contributed by atoms with van der Waals surface area (Å²) in [7, 11) is 1.51. The van der Waals surface area contributed by atoms with Gasteiger partial charge in [0, 0.05) is 5.56 Å². The van der Waals surface area contributed by atoms with Gasteiger partial charge < -0.3 is 4.74 Å². The van der Waals surface area contributed by atoms with Crippen LogP contribution in [0.25, 0.3) is 10.8 Å². The van der Waals surface area contributed by atoms with Crippen molar-refractivity contribution in [3.8, 4) is 5.75 Å². The zero-order chi connectivity index (χ0) is 17.8. The van der Waals surface area contributed by atoms with Crippen molar-refractivity contribution in [1.29, 1.82) is 0 Å². The SMILES string of the molecule is COc1cc2ccccc2cc1C(=O)NNC(=O)c1ccccc1C. The molecule has 0 spiro atoms. The van der Waals surface area contributed by atoms with E-state index in [0.717, 1.165) is 16.3 Å². The van der Waals surface area contributed by atoms with Gasteiger partial charge in [0.25, 0.3) is 11.8 Å². The van der Waals surface area contributed by atoms with Crippen molar-refractivity contribution in [3.05, 3.63) is 77.4 Å². The van der Waals surface area contributed by atoms with Gasteiger partial charge in [-0.3, -0.25) is 20.4 Å². The predicted molar refractivity (Wildman–Crippen MR) is 96.6 cm³/mol. The second kappa shape index (κ2) is 7.05. The standard InChI is InChI=1S/C20H18N2O3/c1-13-7-3-6-10-16(13)19(23)21-22-20(24)17-11-14-8-4-5-9-15(14)12-18(17)25-2/h3-12H,1-2H3,(H,21,23)(H,22,24). The first-order chi connectivity index (χ1) is 12.1. The van der Waals surface area contributed by atoms with Gasteiger partial charge in [-0.05, 0) is 41.5 Å². The van der Waals surface area contributed by atoms with Crippen LogP contribution in [0.15, 0.2) is 60.7 Å². The van der Waals surface area contributed by atoms with Gasteiger partial charge >= 0.3 is 0 Å². The number of methoxy groups -OCH3 is 1. The van der Waals surface area contributed by atoms with Crippen LogP contribution in [0.2, 0.25) is 0 Å². The Kier molecular flexibility index (Phi) is 4.66. The van der Waals surface area contributed by atoms with E-state index < -0.39 is 5.91 Å². The summed E-state index contributed by atoms with van der Waals surface area (Å²) in [5.41, 5.74) is 6.58. The largest absolute Gasteiger partial charge is 0.496 e. The maximum absolute atomic E-state index is 12.5. The zero-order valence-corrected chi connectivity index (χ0v) is 14.0. The van der Waals surface area contributed by atoms with Crippen molar-refractivity contribution in [2.24, 2.45) is 0 Å². The second-order valence-electron chi connectivity index (χ2n) is 5.62. The summed E-state index contributed by atoms with van der Waals surface area (Å²) in [6.07, 6.45) is 0. The summed E-state index contributed by atoms with van der Waals surface area (Å²) >= 11 is 0. The lowest BCUT2D eigenvalue weighted by Crippen LogP contribution is -2.42. The molecule has 5 heteroatoms. The third-order valence-electron chi connectivity index (χ3n) is 3.99. The van der Waals surface area contributed by atoms with Gasteiger partial charge in [-0.2, -0.15) is 0 Å². The zero-order valence-electron chi connectivity index (χ0n) is 14.0.